The van der Waals surface area contributed by atoms with Crippen LogP contribution >= 0.6 is 0 Å². The van der Waals surface area contributed by atoms with Gasteiger partial charge in [-0.25, -0.2) is 0 Å². The van der Waals surface area contributed by atoms with Crippen molar-refractivity contribution in [2.75, 3.05) is 6.54 Å². The zero-order valence-corrected chi connectivity index (χ0v) is 9.92. The number of hydrogen-bond donors (Lipinski definition) is 2. The molecule has 0 atom stereocenters. The molecule has 1 aromatic heterocycles. The lowest BCUT2D eigenvalue weighted by atomic mass is 10.1. The van der Waals surface area contributed by atoms with Crippen molar-refractivity contribution in [3.05, 3.63) is 48.2 Å². The van der Waals surface area contributed by atoms with Crippen molar-refractivity contribution in [3.8, 4) is 0 Å². The Morgan fingerprint density at radius 1 is 1.41 bits per heavy atom. The number of para-hydroxylation sites is 1. The highest BCUT2D eigenvalue weighted by molar-refractivity contribution is 5.94. The van der Waals surface area contributed by atoms with E-state index in [0.717, 1.165) is 16.5 Å². The van der Waals surface area contributed by atoms with E-state index >= 15 is 0 Å². The van der Waals surface area contributed by atoms with Crippen LogP contribution in [0.5, 0.6) is 0 Å². The van der Waals surface area contributed by atoms with Crippen LogP contribution in [0.15, 0.2) is 42.6 Å². The van der Waals surface area contributed by atoms with Gasteiger partial charge in [0.15, 0.2) is 0 Å². The highest BCUT2D eigenvalue weighted by Crippen LogP contribution is 2.19. The molecule has 2 aromatic rings. The SMILES string of the molecule is C=C(Cc1c[nH]c2ccccc12)C(=O)NCC. The van der Waals surface area contributed by atoms with E-state index in [9.17, 15) is 4.79 Å². The molecule has 2 N–H and O–H groups in total. The summed E-state index contributed by atoms with van der Waals surface area (Å²) in [7, 11) is 0. The third kappa shape index (κ3) is 2.38. The van der Waals surface area contributed by atoms with E-state index in [2.05, 4.69) is 16.9 Å². The number of carbonyl (C=O) groups excluding carboxylic acids is 1. The van der Waals surface area contributed by atoms with Gasteiger partial charge in [0, 0.05) is 35.6 Å². The third-order valence-electron chi connectivity index (χ3n) is 2.74. The van der Waals surface area contributed by atoms with E-state index in [1.165, 1.54) is 0 Å². The zero-order valence-electron chi connectivity index (χ0n) is 9.92. The minimum absolute atomic E-state index is 0.0715. The minimum atomic E-state index is -0.0715. The number of hydrogen-bond acceptors (Lipinski definition) is 1. The molecule has 17 heavy (non-hydrogen) atoms. The topological polar surface area (TPSA) is 44.9 Å². The molecule has 0 fully saturated rings. The fourth-order valence-electron chi connectivity index (χ4n) is 1.87. The van der Waals surface area contributed by atoms with Crippen LogP contribution in [-0.2, 0) is 11.2 Å². The molecule has 1 heterocycles. The predicted molar refractivity (Wildman–Crippen MR) is 69.8 cm³/mol. The zero-order chi connectivity index (χ0) is 12.3. The second-order valence-corrected chi connectivity index (χ2v) is 4.00. The number of aromatic nitrogens is 1. The maximum Gasteiger partial charge on any atom is 0.246 e. The standard InChI is InChI=1S/C14H16N2O/c1-3-15-14(17)10(2)8-11-9-16-13-7-5-4-6-12(11)13/h4-7,9,16H,2-3,8H2,1H3,(H,15,17). The van der Waals surface area contributed by atoms with Crippen molar-refractivity contribution in [3.63, 3.8) is 0 Å². The first kappa shape index (κ1) is 11.5. The smallest absolute Gasteiger partial charge is 0.246 e. The molecule has 3 heteroatoms. The van der Waals surface area contributed by atoms with Gasteiger partial charge in [-0.1, -0.05) is 24.8 Å². The molecule has 88 valence electrons. The Labute approximate surface area is 101 Å². The summed E-state index contributed by atoms with van der Waals surface area (Å²) in [5, 5.41) is 3.91. The Morgan fingerprint density at radius 2 is 2.18 bits per heavy atom. The summed E-state index contributed by atoms with van der Waals surface area (Å²) in [4.78, 5) is 14.8. The lowest BCUT2D eigenvalue weighted by molar-refractivity contribution is -0.117. The molecule has 0 aliphatic heterocycles. The van der Waals surface area contributed by atoms with Gasteiger partial charge in [0.05, 0.1) is 0 Å². The summed E-state index contributed by atoms with van der Waals surface area (Å²) in [6, 6.07) is 8.05. The van der Waals surface area contributed by atoms with Gasteiger partial charge in [-0.15, -0.1) is 0 Å². The molecular weight excluding hydrogens is 212 g/mol. The molecule has 1 amide bonds. The second-order valence-electron chi connectivity index (χ2n) is 4.00. The van der Waals surface area contributed by atoms with Crippen molar-refractivity contribution in [1.29, 1.82) is 0 Å². The average molecular weight is 228 g/mol. The summed E-state index contributed by atoms with van der Waals surface area (Å²) in [5.41, 5.74) is 2.79. The van der Waals surface area contributed by atoms with Gasteiger partial charge in [-0.2, -0.15) is 0 Å². The first-order valence-electron chi connectivity index (χ1n) is 5.73. The number of aromatic amines is 1. The quantitative estimate of drug-likeness (QED) is 0.775. The van der Waals surface area contributed by atoms with Gasteiger partial charge in [-0.05, 0) is 18.6 Å². The van der Waals surface area contributed by atoms with Gasteiger partial charge < -0.3 is 10.3 Å². The first-order chi connectivity index (χ1) is 8.22. The second kappa shape index (κ2) is 4.87. The Hall–Kier alpha value is -2.03. The van der Waals surface area contributed by atoms with Crippen LogP contribution in [0.1, 0.15) is 12.5 Å². The Bertz CT molecular complexity index is 554. The van der Waals surface area contributed by atoms with Crippen molar-refractivity contribution in [1.82, 2.24) is 10.3 Å². The normalized spacial score (nSPS) is 10.4. The first-order valence-corrected chi connectivity index (χ1v) is 5.73. The van der Waals surface area contributed by atoms with Crippen LogP contribution in [-0.4, -0.2) is 17.4 Å². The van der Waals surface area contributed by atoms with Crippen LogP contribution in [0.25, 0.3) is 10.9 Å². The molecule has 1 aromatic carbocycles. The summed E-state index contributed by atoms with van der Waals surface area (Å²) in [6.45, 7) is 6.36. The van der Waals surface area contributed by atoms with Crippen LogP contribution in [0.2, 0.25) is 0 Å². The van der Waals surface area contributed by atoms with Gasteiger partial charge in [0.1, 0.15) is 0 Å². The molecule has 3 nitrogen and oxygen atoms in total. The van der Waals surface area contributed by atoms with E-state index in [0.29, 0.717) is 18.5 Å². The maximum atomic E-state index is 11.6. The van der Waals surface area contributed by atoms with E-state index in [1.807, 2.05) is 37.4 Å². The molecule has 0 saturated carbocycles. The fourth-order valence-corrected chi connectivity index (χ4v) is 1.87. The fraction of sp³-hybridized carbons (Fsp3) is 0.214. The van der Waals surface area contributed by atoms with E-state index in [-0.39, 0.29) is 5.91 Å². The summed E-state index contributed by atoms with van der Waals surface area (Å²) >= 11 is 0. The molecule has 0 aliphatic rings. The number of rotatable bonds is 4. The number of H-pyrrole nitrogens is 1. The van der Waals surface area contributed by atoms with Crippen molar-refractivity contribution in [2.24, 2.45) is 0 Å². The molecule has 2 rings (SSSR count). The van der Waals surface area contributed by atoms with Gasteiger partial charge in [-0.3, -0.25) is 4.79 Å². The number of amides is 1. The van der Waals surface area contributed by atoms with Crippen molar-refractivity contribution in [2.45, 2.75) is 13.3 Å². The van der Waals surface area contributed by atoms with Crippen LogP contribution in [0.3, 0.4) is 0 Å². The lowest BCUT2D eigenvalue weighted by Gasteiger charge is -2.04. The number of likely N-dealkylation sites (N-methyl/N-ethyl adjacent to an activating group) is 1. The van der Waals surface area contributed by atoms with E-state index in [4.69, 9.17) is 0 Å². The summed E-state index contributed by atoms with van der Waals surface area (Å²) in [5.74, 6) is -0.0715. The number of benzene rings is 1. The van der Waals surface area contributed by atoms with Gasteiger partial charge >= 0.3 is 0 Å². The monoisotopic (exact) mass is 228 g/mol. The number of nitrogens with one attached hydrogen (secondary N) is 2. The Morgan fingerprint density at radius 3 is 2.94 bits per heavy atom. The Kier molecular flexibility index (Phi) is 3.28. The highest BCUT2D eigenvalue weighted by atomic mass is 16.1. The minimum Gasteiger partial charge on any atom is -0.361 e. The van der Waals surface area contributed by atoms with Crippen molar-refractivity contribution >= 4 is 16.8 Å². The number of carbonyl (C=O) groups is 1. The van der Waals surface area contributed by atoms with E-state index in [1.54, 1.807) is 0 Å². The molecule has 0 spiro atoms. The number of fused-ring (bicyclic) bond motifs is 1. The maximum absolute atomic E-state index is 11.6. The van der Waals surface area contributed by atoms with Crippen molar-refractivity contribution < 1.29 is 4.79 Å². The largest absolute Gasteiger partial charge is 0.361 e. The third-order valence-corrected chi connectivity index (χ3v) is 2.74. The predicted octanol–water partition coefficient (Wildman–Crippen LogP) is 2.40. The molecule has 0 unspecified atom stereocenters. The molecule has 0 bridgehead atoms. The average Bonchev–Trinajstić information content (AvgIpc) is 2.73. The van der Waals surface area contributed by atoms with Crippen LogP contribution in [0.4, 0.5) is 0 Å². The van der Waals surface area contributed by atoms with Crippen LogP contribution in [0, 0.1) is 0 Å². The van der Waals surface area contributed by atoms with Crippen LogP contribution < -0.4 is 5.32 Å². The Balaban J connectivity index is 2.19. The molecular formula is C14H16N2O. The summed E-state index contributed by atoms with van der Waals surface area (Å²) < 4.78 is 0. The highest BCUT2D eigenvalue weighted by Gasteiger charge is 2.09. The summed E-state index contributed by atoms with van der Waals surface area (Å²) in [6.07, 6.45) is 2.52. The molecule has 0 aliphatic carbocycles. The molecule has 0 radical (unpaired) electrons. The van der Waals surface area contributed by atoms with Gasteiger partial charge in [0.25, 0.3) is 0 Å². The van der Waals surface area contributed by atoms with Gasteiger partial charge in [0.2, 0.25) is 5.91 Å². The van der Waals surface area contributed by atoms with E-state index < -0.39 is 0 Å². The lowest BCUT2D eigenvalue weighted by Crippen LogP contribution is -2.24. The molecule has 0 saturated heterocycles.